The van der Waals surface area contributed by atoms with Gasteiger partial charge in [0.15, 0.2) is 0 Å². The molecular weight excluding hydrogens is 297 g/mol. The van der Waals surface area contributed by atoms with Gasteiger partial charge in [-0.15, -0.1) is 0 Å². The molecule has 0 aliphatic rings. The van der Waals surface area contributed by atoms with Gasteiger partial charge in [-0.1, -0.05) is 29.3 Å². The summed E-state index contributed by atoms with van der Waals surface area (Å²) in [4.78, 5) is 0. The number of aromatic nitrogens is 2. The maximum absolute atomic E-state index is 10.2. The molecule has 2 aromatic rings. The quantitative estimate of drug-likeness (QED) is 0.862. The number of aliphatic hydroxyl groups excluding tert-OH is 1. The van der Waals surface area contributed by atoms with E-state index < -0.39 is 6.10 Å². The van der Waals surface area contributed by atoms with Crippen LogP contribution in [-0.4, -0.2) is 21.4 Å². The third kappa shape index (κ3) is 3.52. The highest BCUT2D eigenvalue weighted by atomic mass is 35.5. The molecule has 0 aliphatic heterocycles. The van der Waals surface area contributed by atoms with Crippen LogP contribution < -0.4 is 5.32 Å². The largest absolute Gasteiger partial charge is 0.387 e. The Hall–Kier alpha value is -1.07. The maximum atomic E-state index is 10.2. The van der Waals surface area contributed by atoms with Crippen molar-refractivity contribution < 1.29 is 5.11 Å². The first-order valence-electron chi connectivity index (χ1n) is 6.46. The van der Waals surface area contributed by atoms with Crippen LogP contribution >= 0.6 is 23.2 Å². The minimum Gasteiger partial charge on any atom is -0.387 e. The van der Waals surface area contributed by atoms with E-state index in [4.69, 9.17) is 23.2 Å². The lowest BCUT2D eigenvalue weighted by atomic mass is 10.1. The monoisotopic (exact) mass is 313 g/mol. The molecule has 0 radical (unpaired) electrons. The molecule has 1 aromatic heterocycles. The number of hydrogen-bond acceptors (Lipinski definition) is 3. The van der Waals surface area contributed by atoms with Crippen molar-refractivity contribution in [2.45, 2.75) is 26.1 Å². The van der Waals surface area contributed by atoms with Crippen LogP contribution in [0.1, 0.15) is 24.3 Å². The van der Waals surface area contributed by atoms with Crippen molar-refractivity contribution in [2.75, 3.05) is 6.54 Å². The Balaban J connectivity index is 1.94. The van der Waals surface area contributed by atoms with Crippen LogP contribution in [0.15, 0.2) is 30.5 Å². The summed E-state index contributed by atoms with van der Waals surface area (Å²) in [5.41, 5.74) is 1.64. The second kappa shape index (κ2) is 7.09. The van der Waals surface area contributed by atoms with Crippen LogP contribution in [0.5, 0.6) is 0 Å². The minimum atomic E-state index is -0.741. The highest BCUT2D eigenvalue weighted by molar-refractivity contribution is 6.36. The summed E-state index contributed by atoms with van der Waals surface area (Å²) in [6, 6.07) is 7.15. The third-order valence-electron chi connectivity index (χ3n) is 3.08. The zero-order chi connectivity index (χ0) is 14.5. The second-order valence-corrected chi connectivity index (χ2v) is 5.23. The molecule has 20 heavy (non-hydrogen) atoms. The molecule has 1 atom stereocenters. The number of nitrogens with one attached hydrogen (secondary N) is 1. The van der Waals surface area contributed by atoms with Gasteiger partial charge in [0.05, 0.1) is 11.8 Å². The van der Waals surface area contributed by atoms with Crippen molar-refractivity contribution >= 4 is 23.2 Å². The Bertz CT molecular complexity index is 551. The van der Waals surface area contributed by atoms with Crippen molar-refractivity contribution in [1.29, 1.82) is 0 Å². The summed E-state index contributed by atoms with van der Waals surface area (Å²) < 4.78 is 1.90. The fourth-order valence-electron chi connectivity index (χ4n) is 2.06. The van der Waals surface area contributed by atoms with Gasteiger partial charge < -0.3 is 10.4 Å². The third-order valence-corrected chi connectivity index (χ3v) is 3.74. The van der Waals surface area contributed by atoms with Gasteiger partial charge in [0, 0.05) is 41.4 Å². The molecule has 4 nitrogen and oxygen atoms in total. The predicted molar refractivity (Wildman–Crippen MR) is 81.0 cm³/mol. The van der Waals surface area contributed by atoms with Crippen LogP contribution in [0.4, 0.5) is 0 Å². The van der Waals surface area contributed by atoms with Gasteiger partial charge in [0.2, 0.25) is 0 Å². The molecule has 0 aliphatic carbocycles. The van der Waals surface area contributed by atoms with Crippen LogP contribution in [0.25, 0.3) is 0 Å². The standard InChI is InChI=1S/C14H17Cl2N3O/c1-2-19-10(6-7-18-19)8-17-9-13(20)14-11(15)4-3-5-12(14)16/h3-7,13,17,20H,2,8-9H2,1H3. The fourth-order valence-corrected chi connectivity index (χ4v) is 2.71. The Labute approximate surface area is 128 Å². The first kappa shape index (κ1) is 15.3. The Morgan fingerprint density at radius 1 is 1.30 bits per heavy atom. The summed E-state index contributed by atoms with van der Waals surface area (Å²) in [5.74, 6) is 0. The van der Waals surface area contributed by atoms with Gasteiger partial charge in [-0.2, -0.15) is 5.10 Å². The average Bonchev–Trinajstić information content (AvgIpc) is 2.86. The Morgan fingerprint density at radius 3 is 2.65 bits per heavy atom. The average molecular weight is 314 g/mol. The Morgan fingerprint density at radius 2 is 2.00 bits per heavy atom. The van der Waals surface area contributed by atoms with E-state index in [9.17, 15) is 5.11 Å². The van der Waals surface area contributed by atoms with Crippen molar-refractivity contribution in [3.05, 3.63) is 51.8 Å². The topological polar surface area (TPSA) is 50.1 Å². The van der Waals surface area contributed by atoms with E-state index in [-0.39, 0.29) is 0 Å². The number of aliphatic hydroxyl groups is 1. The van der Waals surface area contributed by atoms with Crippen molar-refractivity contribution in [1.82, 2.24) is 15.1 Å². The summed E-state index contributed by atoms with van der Waals surface area (Å²) >= 11 is 12.1. The lowest BCUT2D eigenvalue weighted by Crippen LogP contribution is -2.23. The molecule has 0 spiro atoms. The normalized spacial score (nSPS) is 12.6. The molecular formula is C14H17Cl2N3O. The lowest BCUT2D eigenvalue weighted by Gasteiger charge is -2.15. The van der Waals surface area contributed by atoms with Crippen LogP contribution in [0, 0.1) is 0 Å². The van der Waals surface area contributed by atoms with Crippen LogP contribution in [0.2, 0.25) is 10.0 Å². The molecule has 2 rings (SSSR count). The summed E-state index contributed by atoms with van der Waals surface area (Å²) in [6.07, 6.45) is 1.02. The zero-order valence-electron chi connectivity index (χ0n) is 11.2. The molecule has 1 unspecified atom stereocenters. The number of nitrogens with zero attached hydrogens (tertiary/aromatic N) is 2. The van der Waals surface area contributed by atoms with Crippen molar-refractivity contribution in [2.24, 2.45) is 0 Å². The van der Waals surface area contributed by atoms with Gasteiger partial charge in [-0.05, 0) is 25.1 Å². The van der Waals surface area contributed by atoms with Gasteiger partial charge >= 0.3 is 0 Å². The van der Waals surface area contributed by atoms with Gasteiger partial charge in [-0.25, -0.2) is 0 Å². The number of aryl methyl sites for hydroxylation is 1. The smallest absolute Gasteiger partial charge is 0.0943 e. The summed E-state index contributed by atoms with van der Waals surface area (Å²) in [5, 5.41) is 18.5. The van der Waals surface area contributed by atoms with Gasteiger partial charge in [0.1, 0.15) is 0 Å². The zero-order valence-corrected chi connectivity index (χ0v) is 12.7. The molecule has 0 bridgehead atoms. The molecule has 0 saturated carbocycles. The predicted octanol–water partition coefficient (Wildman–Crippen LogP) is 3.03. The molecule has 0 fully saturated rings. The Kier molecular flexibility index (Phi) is 5.43. The van der Waals surface area contributed by atoms with Crippen molar-refractivity contribution in [3.63, 3.8) is 0 Å². The molecule has 2 N–H and O–H groups in total. The molecule has 1 heterocycles. The van der Waals surface area contributed by atoms with E-state index >= 15 is 0 Å². The summed E-state index contributed by atoms with van der Waals surface area (Å²) in [7, 11) is 0. The fraction of sp³-hybridized carbons (Fsp3) is 0.357. The number of benzene rings is 1. The lowest BCUT2D eigenvalue weighted by molar-refractivity contribution is 0.174. The highest BCUT2D eigenvalue weighted by Crippen LogP contribution is 2.29. The van der Waals surface area contributed by atoms with Gasteiger partial charge in [-0.3, -0.25) is 4.68 Å². The second-order valence-electron chi connectivity index (χ2n) is 4.42. The number of hydrogen-bond donors (Lipinski definition) is 2. The van der Waals surface area contributed by atoms with E-state index in [1.165, 1.54) is 0 Å². The van der Waals surface area contributed by atoms with Crippen molar-refractivity contribution in [3.8, 4) is 0 Å². The summed E-state index contributed by atoms with van der Waals surface area (Å²) in [6.45, 7) is 3.86. The van der Waals surface area contributed by atoms with E-state index in [0.29, 0.717) is 28.7 Å². The SMILES string of the molecule is CCn1nccc1CNCC(O)c1c(Cl)cccc1Cl. The molecule has 6 heteroatoms. The maximum Gasteiger partial charge on any atom is 0.0943 e. The molecule has 1 aromatic carbocycles. The molecule has 0 amide bonds. The molecule has 0 saturated heterocycles. The number of halogens is 2. The minimum absolute atomic E-state index is 0.373. The first-order chi connectivity index (χ1) is 9.63. The van der Waals surface area contributed by atoms with E-state index in [1.807, 2.05) is 17.7 Å². The molecule has 108 valence electrons. The van der Waals surface area contributed by atoms with E-state index in [2.05, 4.69) is 10.4 Å². The van der Waals surface area contributed by atoms with Gasteiger partial charge in [0.25, 0.3) is 0 Å². The van der Waals surface area contributed by atoms with E-state index in [1.54, 1.807) is 24.4 Å². The van der Waals surface area contributed by atoms with Crippen LogP contribution in [0.3, 0.4) is 0 Å². The van der Waals surface area contributed by atoms with Crippen LogP contribution in [-0.2, 0) is 13.1 Å². The highest BCUT2D eigenvalue weighted by Gasteiger charge is 2.15. The first-order valence-corrected chi connectivity index (χ1v) is 7.22. The number of rotatable bonds is 6. The van der Waals surface area contributed by atoms with E-state index in [0.717, 1.165) is 12.2 Å².